The van der Waals surface area contributed by atoms with Crippen molar-refractivity contribution in [2.45, 2.75) is 13.3 Å². The maximum absolute atomic E-state index is 11.1. The molecule has 0 aliphatic carbocycles. The van der Waals surface area contributed by atoms with Gasteiger partial charge in [-0.1, -0.05) is 6.92 Å². The number of hydrogen-bond donors (Lipinski definition) is 1. The molecule has 6 heteroatoms. The van der Waals surface area contributed by atoms with Gasteiger partial charge in [0.25, 0.3) is 0 Å². The molecule has 0 aliphatic rings. The van der Waals surface area contributed by atoms with Crippen molar-refractivity contribution in [1.29, 1.82) is 0 Å². The number of carboxylic acid groups (broad SMARTS) is 1. The molecular formula is C9H16O6. The van der Waals surface area contributed by atoms with Gasteiger partial charge in [0, 0.05) is 7.11 Å². The van der Waals surface area contributed by atoms with Crippen LogP contribution in [0.1, 0.15) is 13.3 Å². The SMILES string of the molecule is CCC(C(=O)O)C(=O)OCOCCOC. The lowest BCUT2D eigenvalue weighted by molar-refractivity contribution is -0.168. The van der Waals surface area contributed by atoms with Gasteiger partial charge in [0.1, 0.15) is 0 Å². The van der Waals surface area contributed by atoms with Crippen LogP contribution < -0.4 is 0 Å². The number of hydrogen-bond acceptors (Lipinski definition) is 5. The first kappa shape index (κ1) is 13.9. The number of esters is 1. The Balaban J connectivity index is 3.67. The van der Waals surface area contributed by atoms with E-state index < -0.39 is 17.9 Å². The van der Waals surface area contributed by atoms with Gasteiger partial charge in [-0.2, -0.15) is 0 Å². The molecule has 0 fully saturated rings. The summed E-state index contributed by atoms with van der Waals surface area (Å²) in [6.07, 6.45) is 0.201. The van der Waals surface area contributed by atoms with E-state index in [1.165, 1.54) is 7.11 Å². The Morgan fingerprint density at radius 1 is 1.33 bits per heavy atom. The van der Waals surface area contributed by atoms with E-state index in [1.807, 2.05) is 0 Å². The monoisotopic (exact) mass is 220 g/mol. The highest BCUT2D eigenvalue weighted by atomic mass is 16.7. The number of ether oxygens (including phenoxy) is 3. The predicted molar refractivity (Wildman–Crippen MR) is 50.2 cm³/mol. The first-order chi connectivity index (χ1) is 7.13. The Morgan fingerprint density at radius 3 is 2.47 bits per heavy atom. The van der Waals surface area contributed by atoms with Crippen LogP contribution in [0.3, 0.4) is 0 Å². The van der Waals surface area contributed by atoms with E-state index in [-0.39, 0.29) is 13.2 Å². The van der Waals surface area contributed by atoms with Crippen molar-refractivity contribution in [1.82, 2.24) is 0 Å². The zero-order valence-corrected chi connectivity index (χ0v) is 8.89. The van der Waals surface area contributed by atoms with E-state index in [9.17, 15) is 9.59 Å². The summed E-state index contributed by atoms with van der Waals surface area (Å²) >= 11 is 0. The van der Waals surface area contributed by atoms with Gasteiger partial charge in [0.05, 0.1) is 13.2 Å². The van der Waals surface area contributed by atoms with Crippen LogP contribution in [0, 0.1) is 5.92 Å². The quantitative estimate of drug-likeness (QED) is 0.273. The lowest BCUT2D eigenvalue weighted by Gasteiger charge is -2.09. The second-order valence-corrected chi connectivity index (χ2v) is 2.78. The summed E-state index contributed by atoms with van der Waals surface area (Å²) in [7, 11) is 1.52. The fourth-order valence-electron chi connectivity index (χ4n) is 0.844. The largest absolute Gasteiger partial charge is 0.481 e. The van der Waals surface area contributed by atoms with Gasteiger partial charge in [-0.3, -0.25) is 9.59 Å². The van der Waals surface area contributed by atoms with Crippen molar-refractivity contribution in [2.24, 2.45) is 5.92 Å². The minimum Gasteiger partial charge on any atom is -0.481 e. The molecule has 6 nitrogen and oxygen atoms in total. The van der Waals surface area contributed by atoms with Gasteiger partial charge >= 0.3 is 11.9 Å². The Kier molecular flexibility index (Phi) is 7.57. The highest BCUT2D eigenvalue weighted by molar-refractivity contribution is 5.93. The molecular weight excluding hydrogens is 204 g/mol. The van der Waals surface area contributed by atoms with E-state index >= 15 is 0 Å². The van der Waals surface area contributed by atoms with Crippen LogP contribution in [-0.4, -0.2) is 44.2 Å². The number of carboxylic acids is 1. The molecule has 88 valence electrons. The molecule has 0 aliphatic heterocycles. The molecule has 0 amide bonds. The molecule has 1 atom stereocenters. The molecule has 15 heavy (non-hydrogen) atoms. The molecule has 0 saturated carbocycles. The van der Waals surface area contributed by atoms with Crippen LogP contribution in [-0.2, 0) is 23.8 Å². The van der Waals surface area contributed by atoms with Crippen LogP contribution in [0.15, 0.2) is 0 Å². The Labute approximate surface area is 88.1 Å². The molecule has 0 heterocycles. The maximum Gasteiger partial charge on any atom is 0.322 e. The summed E-state index contributed by atoms with van der Waals surface area (Å²) in [4.78, 5) is 21.7. The smallest absolute Gasteiger partial charge is 0.322 e. The summed E-state index contributed by atoms with van der Waals surface area (Å²) in [6, 6.07) is 0. The zero-order chi connectivity index (χ0) is 11.7. The maximum atomic E-state index is 11.1. The summed E-state index contributed by atoms with van der Waals surface area (Å²) in [5.41, 5.74) is 0. The fraction of sp³-hybridized carbons (Fsp3) is 0.778. The van der Waals surface area contributed by atoms with Crippen LogP contribution in [0.2, 0.25) is 0 Å². The molecule has 0 aromatic heterocycles. The summed E-state index contributed by atoms with van der Waals surface area (Å²) in [5.74, 6) is -3.07. The Morgan fingerprint density at radius 2 is 2.00 bits per heavy atom. The summed E-state index contributed by atoms with van der Waals surface area (Å²) in [5, 5.41) is 8.62. The van der Waals surface area contributed by atoms with Crippen molar-refractivity contribution < 1.29 is 28.9 Å². The molecule has 0 rings (SSSR count). The standard InChI is InChI=1S/C9H16O6/c1-3-7(8(10)11)9(12)15-6-14-5-4-13-2/h7H,3-6H2,1-2H3,(H,10,11). The second-order valence-electron chi connectivity index (χ2n) is 2.78. The highest BCUT2D eigenvalue weighted by Crippen LogP contribution is 2.05. The van der Waals surface area contributed by atoms with Crippen molar-refractivity contribution in [3.63, 3.8) is 0 Å². The molecule has 0 spiro atoms. The average Bonchev–Trinajstić information content (AvgIpc) is 2.18. The number of aliphatic carboxylic acids is 1. The molecule has 0 bridgehead atoms. The molecule has 1 unspecified atom stereocenters. The minimum atomic E-state index is -1.18. The Hall–Kier alpha value is -1.14. The van der Waals surface area contributed by atoms with Crippen LogP contribution in [0.5, 0.6) is 0 Å². The Bertz CT molecular complexity index is 203. The average molecular weight is 220 g/mol. The lowest BCUT2D eigenvalue weighted by atomic mass is 10.1. The number of rotatable bonds is 8. The zero-order valence-electron chi connectivity index (χ0n) is 8.89. The van der Waals surface area contributed by atoms with Crippen molar-refractivity contribution in [2.75, 3.05) is 27.1 Å². The third kappa shape index (κ3) is 6.03. The topological polar surface area (TPSA) is 82.1 Å². The van der Waals surface area contributed by atoms with Crippen LogP contribution in [0.4, 0.5) is 0 Å². The van der Waals surface area contributed by atoms with Gasteiger partial charge in [0.15, 0.2) is 12.7 Å². The first-order valence-electron chi connectivity index (χ1n) is 4.59. The normalized spacial score (nSPS) is 12.1. The van der Waals surface area contributed by atoms with E-state index in [0.717, 1.165) is 0 Å². The van der Waals surface area contributed by atoms with Gasteiger partial charge in [-0.25, -0.2) is 0 Å². The summed E-state index contributed by atoms with van der Waals surface area (Å²) < 4.78 is 14.2. The van der Waals surface area contributed by atoms with Gasteiger partial charge in [0.2, 0.25) is 0 Å². The van der Waals surface area contributed by atoms with Crippen molar-refractivity contribution in [3.8, 4) is 0 Å². The lowest BCUT2D eigenvalue weighted by Crippen LogP contribution is -2.26. The molecule has 0 saturated heterocycles. The van der Waals surface area contributed by atoms with Crippen molar-refractivity contribution >= 4 is 11.9 Å². The number of carbonyl (C=O) groups is 2. The molecule has 0 aromatic carbocycles. The number of carbonyl (C=O) groups excluding carboxylic acids is 1. The van der Waals surface area contributed by atoms with Crippen LogP contribution in [0.25, 0.3) is 0 Å². The summed E-state index contributed by atoms with van der Waals surface area (Å²) in [6.45, 7) is 2.05. The van der Waals surface area contributed by atoms with E-state index in [4.69, 9.17) is 14.6 Å². The molecule has 0 radical (unpaired) electrons. The minimum absolute atomic E-state index is 0.201. The number of methoxy groups -OCH3 is 1. The van der Waals surface area contributed by atoms with E-state index in [0.29, 0.717) is 13.2 Å². The van der Waals surface area contributed by atoms with Crippen LogP contribution >= 0.6 is 0 Å². The van der Waals surface area contributed by atoms with Gasteiger partial charge < -0.3 is 19.3 Å². The van der Waals surface area contributed by atoms with E-state index in [1.54, 1.807) is 6.92 Å². The highest BCUT2D eigenvalue weighted by Gasteiger charge is 2.25. The second kappa shape index (κ2) is 8.19. The van der Waals surface area contributed by atoms with Crippen molar-refractivity contribution in [3.05, 3.63) is 0 Å². The third-order valence-corrected chi connectivity index (χ3v) is 1.71. The van der Waals surface area contributed by atoms with E-state index in [2.05, 4.69) is 4.74 Å². The third-order valence-electron chi connectivity index (χ3n) is 1.71. The fourth-order valence-corrected chi connectivity index (χ4v) is 0.844. The first-order valence-corrected chi connectivity index (χ1v) is 4.59. The molecule has 1 N–H and O–H groups in total. The van der Waals surface area contributed by atoms with Gasteiger partial charge in [-0.15, -0.1) is 0 Å². The predicted octanol–water partition coefficient (Wildman–Crippen LogP) is 0.261. The molecule has 0 aromatic rings. The van der Waals surface area contributed by atoms with Gasteiger partial charge in [-0.05, 0) is 6.42 Å².